The van der Waals surface area contributed by atoms with Gasteiger partial charge in [0.25, 0.3) is 0 Å². The van der Waals surface area contributed by atoms with E-state index >= 15 is 0 Å². The minimum atomic E-state index is 1.21. The minimum absolute atomic E-state index is 1.21. The molecule has 0 atom stereocenters. The van der Waals surface area contributed by atoms with Gasteiger partial charge in [0, 0.05) is 4.90 Å². The Hall–Kier alpha value is -0.430. The maximum Gasteiger partial charge on any atom is 0.00746 e. The molecule has 0 saturated carbocycles. The van der Waals surface area contributed by atoms with Crippen LogP contribution >= 0.6 is 11.8 Å². The number of aryl methyl sites for hydroxylation is 1. The Kier molecular flexibility index (Phi) is 5.77. The third-order valence-electron chi connectivity index (χ3n) is 2.20. The van der Waals surface area contributed by atoms with Gasteiger partial charge in [-0.2, -0.15) is 0 Å². The molecule has 0 N–H and O–H groups in total. The fraction of sp³-hybridized carbons (Fsp3) is 0.538. The molecule has 1 heteroatoms. The first-order valence-electron chi connectivity index (χ1n) is 5.58. The lowest BCUT2D eigenvalue weighted by molar-refractivity contribution is 0.895. The standard InChI is InChI=1S/C13H20S/c1-3-5-10-14-13-9-6-8-12(11-13)7-4-2/h6,8-9,11H,3-5,7,10H2,1-2H3. The molecule has 0 aliphatic carbocycles. The molecular formula is C13H20S. The quantitative estimate of drug-likeness (QED) is 0.489. The summed E-state index contributed by atoms with van der Waals surface area (Å²) in [7, 11) is 0. The predicted octanol–water partition coefficient (Wildman–Crippen LogP) is 4.53. The van der Waals surface area contributed by atoms with Crippen LogP contribution in [0.25, 0.3) is 0 Å². The van der Waals surface area contributed by atoms with Gasteiger partial charge in [-0.25, -0.2) is 0 Å². The normalized spacial score (nSPS) is 10.4. The van der Waals surface area contributed by atoms with Gasteiger partial charge in [0.15, 0.2) is 0 Å². The van der Waals surface area contributed by atoms with Crippen LogP contribution in [0.3, 0.4) is 0 Å². The molecule has 0 heterocycles. The molecule has 1 rings (SSSR count). The van der Waals surface area contributed by atoms with E-state index in [1.165, 1.54) is 41.9 Å². The third-order valence-corrected chi connectivity index (χ3v) is 3.28. The molecule has 0 aliphatic rings. The Bertz CT molecular complexity index is 255. The molecule has 1 aromatic rings. The van der Waals surface area contributed by atoms with Gasteiger partial charge in [0.2, 0.25) is 0 Å². The largest absolute Gasteiger partial charge is 0.126 e. The fourth-order valence-electron chi connectivity index (χ4n) is 1.41. The summed E-state index contributed by atoms with van der Waals surface area (Å²) in [5.74, 6) is 1.26. The number of unbranched alkanes of at least 4 members (excludes halogenated alkanes) is 1. The van der Waals surface area contributed by atoms with E-state index in [0.717, 1.165) is 0 Å². The van der Waals surface area contributed by atoms with Gasteiger partial charge in [0.05, 0.1) is 0 Å². The maximum absolute atomic E-state index is 2.34. The van der Waals surface area contributed by atoms with Crippen LogP contribution in [0.15, 0.2) is 29.2 Å². The monoisotopic (exact) mass is 208 g/mol. The van der Waals surface area contributed by atoms with Crippen LogP contribution in [-0.2, 0) is 6.42 Å². The van der Waals surface area contributed by atoms with Crippen molar-refractivity contribution in [1.29, 1.82) is 0 Å². The van der Waals surface area contributed by atoms with E-state index in [9.17, 15) is 0 Å². The third kappa shape index (κ3) is 4.19. The Morgan fingerprint density at radius 1 is 1.14 bits per heavy atom. The highest BCUT2D eigenvalue weighted by molar-refractivity contribution is 7.99. The highest BCUT2D eigenvalue weighted by Crippen LogP contribution is 2.20. The summed E-state index contributed by atoms with van der Waals surface area (Å²) < 4.78 is 0. The first-order chi connectivity index (χ1) is 6.86. The van der Waals surface area contributed by atoms with E-state index in [-0.39, 0.29) is 0 Å². The average Bonchev–Trinajstić information content (AvgIpc) is 2.19. The molecule has 1 aromatic carbocycles. The molecule has 0 aliphatic heterocycles. The second-order valence-corrected chi connectivity index (χ2v) is 4.77. The number of benzene rings is 1. The molecule has 0 fully saturated rings. The van der Waals surface area contributed by atoms with Gasteiger partial charge in [-0.3, -0.25) is 0 Å². The van der Waals surface area contributed by atoms with Crippen LogP contribution in [0, 0.1) is 0 Å². The lowest BCUT2D eigenvalue weighted by Gasteiger charge is -2.03. The summed E-state index contributed by atoms with van der Waals surface area (Å²) >= 11 is 1.99. The van der Waals surface area contributed by atoms with E-state index in [1.807, 2.05) is 11.8 Å². The summed E-state index contributed by atoms with van der Waals surface area (Å²) in [5.41, 5.74) is 1.48. The summed E-state index contributed by atoms with van der Waals surface area (Å²) in [6.07, 6.45) is 5.07. The first kappa shape index (κ1) is 11.6. The van der Waals surface area contributed by atoms with E-state index in [1.54, 1.807) is 0 Å². The van der Waals surface area contributed by atoms with Crippen molar-refractivity contribution in [2.75, 3.05) is 5.75 Å². The van der Waals surface area contributed by atoms with Crippen molar-refractivity contribution < 1.29 is 0 Å². The molecule has 14 heavy (non-hydrogen) atoms. The molecule has 78 valence electrons. The number of rotatable bonds is 6. The second-order valence-electron chi connectivity index (χ2n) is 3.60. The Balaban J connectivity index is 2.46. The lowest BCUT2D eigenvalue weighted by atomic mass is 10.1. The molecular weight excluding hydrogens is 188 g/mol. The van der Waals surface area contributed by atoms with Crippen molar-refractivity contribution in [2.45, 2.75) is 44.4 Å². The minimum Gasteiger partial charge on any atom is -0.126 e. The summed E-state index contributed by atoms with van der Waals surface area (Å²) in [5, 5.41) is 0. The SMILES string of the molecule is CCCCSc1cccc(CCC)c1. The topological polar surface area (TPSA) is 0 Å². The molecule has 0 spiro atoms. The van der Waals surface area contributed by atoms with Crippen molar-refractivity contribution >= 4 is 11.8 Å². The predicted molar refractivity (Wildman–Crippen MR) is 66.1 cm³/mol. The molecule has 0 bridgehead atoms. The molecule has 0 nitrogen and oxygen atoms in total. The van der Waals surface area contributed by atoms with Crippen LogP contribution in [0.5, 0.6) is 0 Å². The zero-order valence-corrected chi connectivity index (χ0v) is 10.1. The van der Waals surface area contributed by atoms with E-state index < -0.39 is 0 Å². The van der Waals surface area contributed by atoms with Crippen molar-refractivity contribution in [1.82, 2.24) is 0 Å². The average molecular weight is 208 g/mol. The number of hydrogen-bond donors (Lipinski definition) is 0. The smallest absolute Gasteiger partial charge is 0.00746 e. The van der Waals surface area contributed by atoms with Crippen LogP contribution < -0.4 is 0 Å². The van der Waals surface area contributed by atoms with Crippen molar-refractivity contribution in [3.05, 3.63) is 29.8 Å². The van der Waals surface area contributed by atoms with E-state index in [4.69, 9.17) is 0 Å². The fourth-order valence-corrected chi connectivity index (χ4v) is 2.49. The zero-order chi connectivity index (χ0) is 10.2. The van der Waals surface area contributed by atoms with Crippen LogP contribution in [0.1, 0.15) is 38.7 Å². The maximum atomic E-state index is 2.34. The Morgan fingerprint density at radius 3 is 2.71 bits per heavy atom. The molecule has 0 unspecified atom stereocenters. The molecule has 0 aromatic heterocycles. The first-order valence-corrected chi connectivity index (χ1v) is 6.57. The Labute approximate surface area is 92.1 Å². The zero-order valence-electron chi connectivity index (χ0n) is 9.25. The van der Waals surface area contributed by atoms with Gasteiger partial charge in [-0.15, -0.1) is 11.8 Å². The molecule has 0 radical (unpaired) electrons. The van der Waals surface area contributed by atoms with Gasteiger partial charge >= 0.3 is 0 Å². The molecule has 0 amide bonds. The second kappa shape index (κ2) is 6.94. The summed E-state index contributed by atoms with van der Waals surface area (Å²) in [6.45, 7) is 4.48. The highest BCUT2D eigenvalue weighted by atomic mass is 32.2. The van der Waals surface area contributed by atoms with Gasteiger partial charge in [-0.05, 0) is 36.3 Å². The van der Waals surface area contributed by atoms with Crippen molar-refractivity contribution in [3.8, 4) is 0 Å². The number of thioether (sulfide) groups is 1. The lowest BCUT2D eigenvalue weighted by Crippen LogP contribution is -1.84. The van der Waals surface area contributed by atoms with Gasteiger partial charge < -0.3 is 0 Å². The summed E-state index contributed by atoms with van der Waals surface area (Å²) in [4.78, 5) is 1.43. The van der Waals surface area contributed by atoms with E-state index in [2.05, 4.69) is 38.1 Å². The van der Waals surface area contributed by atoms with Crippen molar-refractivity contribution in [2.24, 2.45) is 0 Å². The van der Waals surface area contributed by atoms with Crippen molar-refractivity contribution in [3.63, 3.8) is 0 Å². The highest BCUT2D eigenvalue weighted by Gasteiger charge is 1.95. The van der Waals surface area contributed by atoms with E-state index in [0.29, 0.717) is 0 Å². The summed E-state index contributed by atoms with van der Waals surface area (Å²) in [6, 6.07) is 8.97. The van der Waals surface area contributed by atoms with Crippen LogP contribution in [0.2, 0.25) is 0 Å². The number of hydrogen-bond acceptors (Lipinski definition) is 1. The van der Waals surface area contributed by atoms with Gasteiger partial charge in [-0.1, -0.05) is 38.8 Å². The van der Waals surface area contributed by atoms with Crippen LogP contribution in [0.4, 0.5) is 0 Å². The van der Waals surface area contributed by atoms with Crippen LogP contribution in [-0.4, -0.2) is 5.75 Å². The van der Waals surface area contributed by atoms with Gasteiger partial charge in [0.1, 0.15) is 0 Å². The Morgan fingerprint density at radius 2 is 2.00 bits per heavy atom. The molecule has 0 saturated heterocycles.